The van der Waals surface area contributed by atoms with Crippen molar-refractivity contribution >= 4 is 34.7 Å². The van der Waals surface area contributed by atoms with E-state index in [0.717, 1.165) is 17.1 Å². The fraction of sp³-hybridized carbons (Fsp3) is 0.158. The molecule has 25 heavy (non-hydrogen) atoms. The van der Waals surface area contributed by atoms with Crippen LogP contribution in [0.5, 0.6) is 5.75 Å². The number of hydrogen-bond donors (Lipinski definition) is 2. The van der Waals surface area contributed by atoms with E-state index in [2.05, 4.69) is 20.6 Å². The minimum Gasteiger partial charge on any atom is -0.489 e. The standard InChI is InChI=1S/C19H19ClN4O/c1-13(2)25-17-6-4-3-5-16(17)23-18-11-12-21-19(24-18)22-15-9-7-14(20)8-10-15/h3-13H,1-2H3,(H2,21,22,23,24). The largest absolute Gasteiger partial charge is 0.489 e. The summed E-state index contributed by atoms with van der Waals surface area (Å²) in [4.78, 5) is 8.73. The van der Waals surface area contributed by atoms with Crippen molar-refractivity contribution in [3.05, 3.63) is 65.8 Å². The fourth-order valence-electron chi connectivity index (χ4n) is 2.22. The van der Waals surface area contributed by atoms with Crippen LogP contribution in [0.25, 0.3) is 0 Å². The molecule has 0 aliphatic heterocycles. The topological polar surface area (TPSA) is 59.1 Å². The van der Waals surface area contributed by atoms with Gasteiger partial charge >= 0.3 is 0 Å². The van der Waals surface area contributed by atoms with Gasteiger partial charge < -0.3 is 15.4 Å². The van der Waals surface area contributed by atoms with Crippen LogP contribution in [-0.2, 0) is 0 Å². The van der Waals surface area contributed by atoms with Crippen LogP contribution < -0.4 is 15.4 Å². The molecule has 0 fully saturated rings. The maximum atomic E-state index is 5.90. The summed E-state index contributed by atoms with van der Waals surface area (Å²) in [6.45, 7) is 3.99. The normalized spacial score (nSPS) is 10.6. The van der Waals surface area contributed by atoms with E-state index in [9.17, 15) is 0 Å². The van der Waals surface area contributed by atoms with Gasteiger partial charge in [0.2, 0.25) is 5.95 Å². The van der Waals surface area contributed by atoms with Gasteiger partial charge in [-0.1, -0.05) is 23.7 Å². The van der Waals surface area contributed by atoms with Crippen molar-refractivity contribution in [1.29, 1.82) is 0 Å². The van der Waals surface area contributed by atoms with Crippen molar-refractivity contribution in [3.8, 4) is 5.75 Å². The molecule has 1 heterocycles. The van der Waals surface area contributed by atoms with E-state index in [4.69, 9.17) is 16.3 Å². The summed E-state index contributed by atoms with van der Waals surface area (Å²) >= 11 is 5.90. The number of ether oxygens (including phenoxy) is 1. The maximum absolute atomic E-state index is 5.90. The van der Waals surface area contributed by atoms with Crippen molar-refractivity contribution in [1.82, 2.24) is 9.97 Å². The highest BCUT2D eigenvalue weighted by molar-refractivity contribution is 6.30. The highest BCUT2D eigenvalue weighted by Gasteiger charge is 2.07. The van der Waals surface area contributed by atoms with E-state index in [1.165, 1.54) is 0 Å². The Morgan fingerprint density at radius 3 is 2.48 bits per heavy atom. The molecule has 0 atom stereocenters. The Labute approximate surface area is 152 Å². The highest BCUT2D eigenvalue weighted by atomic mass is 35.5. The smallest absolute Gasteiger partial charge is 0.229 e. The molecule has 0 saturated carbocycles. The molecule has 0 spiro atoms. The molecule has 0 aliphatic rings. The van der Waals surface area contributed by atoms with E-state index in [1.54, 1.807) is 12.3 Å². The van der Waals surface area contributed by atoms with Gasteiger partial charge in [0.1, 0.15) is 11.6 Å². The molecule has 0 aliphatic carbocycles. The molecule has 0 amide bonds. The van der Waals surface area contributed by atoms with E-state index >= 15 is 0 Å². The van der Waals surface area contributed by atoms with Gasteiger partial charge in [0, 0.05) is 16.9 Å². The third-order valence-electron chi connectivity index (χ3n) is 3.27. The van der Waals surface area contributed by atoms with Crippen LogP contribution in [0, 0.1) is 0 Å². The first-order valence-electron chi connectivity index (χ1n) is 7.98. The third-order valence-corrected chi connectivity index (χ3v) is 3.52. The second-order valence-corrected chi connectivity index (χ2v) is 6.12. The Hall–Kier alpha value is -2.79. The number of anilines is 4. The molecular weight excluding hydrogens is 336 g/mol. The number of hydrogen-bond acceptors (Lipinski definition) is 5. The van der Waals surface area contributed by atoms with E-state index < -0.39 is 0 Å². The van der Waals surface area contributed by atoms with Gasteiger partial charge in [-0.2, -0.15) is 4.98 Å². The number of nitrogens with zero attached hydrogens (tertiary/aromatic N) is 2. The van der Waals surface area contributed by atoms with Gasteiger partial charge in [0.25, 0.3) is 0 Å². The van der Waals surface area contributed by atoms with Crippen LogP contribution in [0.4, 0.5) is 23.1 Å². The highest BCUT2D eigenvalue weighted by Crippen LogP contribution is 2.28. The molecule has 5 nitrogen and oxygen atoms in total. The maximum Gasteiger partial charge on any atom is 0.229 e. The average molecular weight is 355 g/mol. The van der Waals surface area contributed by atoms with Crippen molar-refractivity contribution in [2.75, 3.05) is 10.6 Å². The molecule has 3 rings (SSSR count). The molecule has 2 aromatic carbocycles. The van der Waals surface area contributed by atoms with Gasteiger partial charge in [-0.05, 0) is 56.3 Å². The van der Waals surface area contributed by atoms with Gasteiger partial charge in [0.05, 0.1) is 11.8 Å². The molecular formula is C19H19ClN4O. The van der Waals surface area contributed by atoms with Gasteiger partial charge in [-0.15, -0.1) is 0 Å². The number of rotatable bonds is 6. The molecule has 0 bridgehead atoms. The molecule has 128 valence electrons. The second kappa shape index (κ2) is 7.85. The van der Waals surface area contributed by atoms with Crippen LogP contribution in [0.2, 0.25) is 5.02 Å². The first-order valence-corrected chi connectivity index (χ1v) is 8.36. The summed E-state index contributed by atoms with van der Waals surface area (Å²) in [6.07, 6.45) is 1.79. The summed E-state index contributed by atoms with van der Waals surface area (Å²) in [7, 11) is 0. The van der Waals surface area contributed by atoms with Crippen LogP contribution >= 0.6 is 11.6 Å². The van der Waals surface area contributed by atoms with Gasteiger partial charge in [-0.3, -0.25) is 0 Å². The van der Waals surface area contributed by atoms with Crippen LogP contribution in [0.3, 0.4) is 0 Å². The lowest BCUT2D eigenvalue weighted by molar-refractivity contribution is 0.244. The number of para-hydroxylation sites is 2. The Bertz CT molecular complexity index is 837. The molecule has 0 saturated heterocycles. The lowest BCUT2D eigenvalue weighted by Gasteiger charge is -2.15. The van der Waals surface area contributed by atoms with E-state index in [1.807, 2.05) is 62.4 Å². The molecule has 2 N–H and O–H groups in total. The zero-order valence-corrected chi connectivity index (χ0v) is 14.8. The van der Waals surface area contributed by atoms with Gasteiger partial charge in [0.15, 0.2) is 0 Å². The summed E-state index contributed by atoms with van der Waals surface area (Å²) in [6, 6.07) is 16.9. The number of halogens is 1. The predicted molar refractivity (Wildman–Crippen MR) is 102 cm³/mol. The zero-order valence-electron chi connectivity index (χ0n) is 14.0. The fourth-order valence-corrected chi connectivity index (χ4v) is 2.34. The van der Waals surface area contributed by atoms with E-state index in [0.29, 0.717) is 16.8 Å². The monoisotopic (exact) mass is 354 g/mol. The molecule has 3 aromatic rings. The zero-order chi connectivity index (χ0) is 17.6. The first kappa shape index (κ1) is 17.0. The minimum absolute atomic E-state index is 0.0930. The second-order valence-electron chi connectivity index (χ2n) is 5.69. The van der Waals surface area contributed by atoms with E-state index in [-0.39, 0.29) is 6.10 Å². The lowest BCUT2D eigenvalue weighted by atomic mass is 10.3. The van der Waals surface area contributed by atoms with Crippen molar-refractivity contribution < 1.29 is 4.74 Å². The number of aromatic nitrogens is 2. The summed E-state index contributed by atoms with van der Waals surface area (Å²) in [5, 5.41) is 7.11. The summed E-state index contributed by atoms with van der Waals surface area (Å²) in [5.41, 5.74) is 1.72. The van der Waals surface area contributed by atoms with Crippen molar-refractivity contribution in [2.24, 2.45) is 0 Å². The van der Waals surface area contributed by atoms with Gasteiger partial charge in [-0.25, -0.2) is 4.98 Å². The summed E-state index contributed by atoms with van der Waals surface area (Å²) < 4.78 is 5.82. The Morgan fingerprint density at radius 1 is 0.960 bits per heavy atom. The van der Waals surface area contributed by atoms with Crippen LogP contribution in [0.15, 0.2) is 60.8 Å². The number of nitrogens with one attached hydrogen (secondary N) is 2. The lowest BCUT2D eigenvalue weighted by Crippen LogP contribution is -2.07. The summed E-state index contributed by atoms with van der Waals surface area (Å²) in [5.74, 6) is 1.95. The van der Waals surface area contributed by atoms with Crippen molar-refractivity contribution in [3.63, 3.8) is 0 Å². The predicted octanol–water partition coefficient (Wildman–Crippen LogP) is 5.40. The average Bonchev–Trinajstić information content (AvgIpc) is 2.59. The Balaban J connectivity index is 1.77. The molecule has 0 radical (unpaired) electrons. The third kappa shape index (κ3) is 4.84. The quantitative estimate of drug-likeness (QED) is 0.620. The first-order chi connectivity index (χ1) is 12.1. The van der Waals surface area contributed by atoms with Crippen molar-refractivity contribution in [2.45, 2.75) is 20.0 Å². The Morgan fingerprint density at radius 2 is 1.72 bits per heavy atom. The minimum atomic E-state index is 0.0930. The molecule has 6 heteroatoms. The molecule has 1 aromatic heterocycles. The number of benzene rings is 2. The molecule has 0 unspecified atom stereocenters. The van der Waals surface area contributed by atoms with Crippen LogP contribution in [-0.4, -0.2) is 16.1 Å². The SMILES string of the molecule is CC(C)Oc1ccccc1Nc1ccnc(Nc2ccc(Cl)cc2)n1. The Kier molecular flexibility index (Phi) is 5.36. The van der Waals surface area contributed by atoms with Crippen LogP contribution in [0.1, 0.15) is 13.8 Å².